The normalized spacial score (nSPS) is 18.5. The van der Waals surface area contributed by atoms with Gasteiger partial charge < -0.3 is 20.4 Å². The summed E-state index contributed by atoms with van der Waals surface area (Å²) in [6.45, 7) is 16.6. The van der Waals surface area contributed by atoms with Crippen LogP contribution in [0.4, 0.5) is 0 Å². The van der Waals surface area contributed by atoms with E-state index in [0.29, 0.717) is 10.4 Å². The first-order chi connectivity index (χ1) is 25.2. The van der Waals surface area contributed by atoms with Gasteiger partial charge in [-0.15, -0.1) is 0 Å². The second kappa shape index (κ2) is 13.4. The quantitative estimate of drug-likeness (QED) is 0.198. The van der Waals surface area contributed by atoms with E-state index >= 15 is 0 Å². The molecule has 0 aromatic heterocycles. The Balaban J connectivity index is 1.95. The smallest absolute Gasteiger partial charge is 0.336 e. The van der Waals surface area contributed by atoms with Crippen molar-refractivity contribution in [3.63, 3.8) is 0 Å². The number of aromatic carboxylic acids is 4. The molecule has 0 radical (unpaired) electrons. The molecule has 0 saturated carbocycles. The van der Waals surface area contributed by atoms with Gasteiger partial charge in [0.1, 0.15) is 0 Å². The van der Waals surface area contributed by atoms with E-state index in [4.69, 9.17) is 0 Å². The molecule has 3 aromatic carbocycles. The summed E-state index contributed by atoms with van der Waals surface area (Å²) in [5, 5.41) is 41.6. The topological polar surface area (TPSA) is 149 Å². The molecule has 0 aliphatic heterocycles. The van der Waals surface area contributed by atoms with Crippen LogP contribution in [-0.2, 0) is 0 Å². The number of hydrogen-bond donors (Lipinski definition) is 4. The Morgan fingerprint density at radius 3 is 1.06 bits per heavy atom. The van der Waals surface area contributed by atoms with Crippen molar-refractivity contribution >= 4 is 46.2 Å². The molecule has 0 heterocycles. The summed E-state index contributed by atoms with van der Waals surface area (Å²) in [5.41, 5.74) is 7.37. The van der Waals surface area contributed by atoms with Gasteiger partial charge in [0, 0.05) is 11.8 Å². The van der Waals surface area contributed by atoms with Crippen LogP contribution in [0.2, 0.25) is 0 Å². The molecule has 8 nitrogen and oxygen atoms in total. The van der Waals surface area contributed by atoms with Gasteiger partial charge in [0.15, 0.2) is 0 Å². The molecule has 3 aliphatic carbocycles. The maximum absolute atomic E-state index is 12.7. The Bertz CT molecular complexity index is 2280. The molecule has 0 saturated heterocycles. The van der Waals surface area contributed by atoms with E-state index in [9.17, 15) is 39.6 Å². The van der Waals surface area contributed by atoms with Crippen LogP contribution in [0.3, 0.4) is 0 Å². The summed E-state index contributed by atoms with van der Waals surface area (Å²) < 4.78 is 0. The van der Waals surface area contributed by atoms with Crippen molar-refractivity contribution in [3.05, 3.63) is 151 Å². The van der Waals surface area contributed by atoms with E-state index in [0.717, 1.165) is 55.7 Å². The highest BCUT2D eigenvalue weighted by molar-refractivity contribution is 6.08. The summed E-state index contributed by atoms with van der Waals surface area (Å²) >= 11 is 0. The van der Waals surface area contributed by atoms with Gasteiger partial charge in [0.05, 0.1) is 22.3 Å². The SMILES string of the molecule is C[C@H]1C2=CC(C(C)(C)C)=CC1=c1cc(C(=O)O)c(C(=O)O)cc1=C1C=C(C(C)(C)C)C=C(C(c3ccc(C(=O)O)cc3)=C2c2ccc(C(=O)O)cc2)[C@@H]1C. The van der Waals surface area contributed by atoms with Crippen LogP contribution in [0.15, 0.2) is 107 Å². The lowest BCUT2D eigenvalue weighted by atomic mass is 9.67. The van der Waals surface area contributed by atoms with Crippen molar-refractivity contribution in [3.8, 4) is 0 Å². The third kappa shape index (κ3) is 6.68. The number of carbonyl (C=O) groups is 4. The minimum Gasteiger partial charge on any atom is -0.478 e. The van der Waals surface area contributed by atoms with E-state index in [1.807, 2.05) is 13.8 Å². The molecule has 0 amide bonds. The molecular weight excluding hydrogens is 680 g/mol. The number of carboxylic acid groups (broad SMARTS) is 4. The molecule has 2 atom stereocenters. The molecule has 276 valence electrons. The molecule has 0 fully saturated rings. The zero-order valence-electron chi connectivity index (χ0n) is 31.7. The number of fused-ring (bicyclic) bond motifs is 5. The number of hydrogen-bond acceptors (Lipinski definition) is 4. The first-order valence-electron chi connectivity index (χ1n) is 17.9. The fraction of sp³-hybridized carbons (Fsp3) is 0.261. The van der Waals surface area contributed by atoms with Crippen LogP contribution in [0.5, 0.6) is 0 Å². The van der Waals surface area contributed by atoms with Gasteiger partial charge >= 0.3 is 23.9 Å². The lowest BCUT2D eigenvalue weighted by molar-refractivity contribution is 0.0651. The molecule has 4 N–H and O–H groups in total. The summed E-state index contributed by atoms with van der Waals surface area (Å²) in [6, 6.07) is 16.5. The molecule has 3 aromatic rings. The fourth-order valence-corrected chi connectivity index (χ4v) is 7.55. The van der Waals surface area contributed by atoms with Gasteiger partial charge in [-0.3, -0.25) is 0 Å². The first kappa shape index (κ1) is 37.7. The zero-order valence-corrected chi connectivity index (χ0v) is 31.7. The summed E-state index contributed by atoms with van der Waals surface area (Å²) in [7, 11) is 0. The van der Waals surface area contributed by atoms with Crippen molar-refractivity contribution < 1.29 is 39.6 Å². The summed E-state index contributed by atoms with van der Waals surface area (Å²) in [5.74, 6) is -5.52. The molecule has 54 heavy (non-hydrogen) atoms. The molecular formula is C46H44O8. The van der Waals surface area contributed by atoms with Gasteiger partial charge in [-0.25, -0.2) is 19.2 Å². The van der Waals surface area contributed by atoms with Gasteiger partial charge in [-0.1, -0.05) is 104 Å². The lowest BCUT2D eigenvalue weighted by Gasteiger charge is -2.36. The van der Waals surface area contributed by atoms with E-state index in [2.05, 4.69) is 65.8 Å². The third-order valence-corrected chi connectivity index (χ3v) is 10.8. The molecule has 0 unspecified atom stereocenters. The second-order valence-corrected chi connectivity index (χ2v) is 16.3. The highest BCUT2D eigenvalue weighted by Gasteiger charge is 2.35. The van der Waals surface area contributed by atoms with E-state index in [-0.39, 0.29) is 44.9 Å². The monoisotopic (exact) mass is 724 g/mol. The minimum absolute atomic E-state index is 0.128. The Morgan fingerprint density at radius 1 is 0.481 bits per heavy atom. The maximum Gasteiger partial charge on any atom is 0.336 e. The number of carboxylic acids is 4. The van der Waals surface area contributed by atoms with E-state index in [1.54, 1.807) is 48.5 Å². The van der Waals surface area contributed by atoms with Crippen LogP contribution >= 0.6 is 0 Å². The van der Waals surface area contributed by atoms with Gasteiger partial charge in [-0.2, -0.15) is 0 Å². The van der Waals surface area contributed by atoms with Gasteiger partial charge in [-0.05, 0) is 113 Å². The van der Waals surface area contributed by atoms with Crippen LogP contribution in [-0.4, -0.2) is 44.3 Å². The predicted octanol–water partition coefficient (Wildman–Crippen LogP) is 8.50. The van der Waals surface area contributed by atoms with Gasteiger partial charge in [0.25, 0.3) is 0 Å². The maximum atomic E-state index is 12.7. The van der Waals surface area contributed by atoms with Crippen molar-refractivity contribution in [1.29, 1.82) is 0 Å². The van der Waals surface area contributed by atoms with Crippen molar-refractivity contribution in [2.75, 3.05) is 0 Å². The number of allylic oxidation sites excluding steroid dienone is 10. The number of benzene rings is 3. The highest BCUT2D eigenvalue weighted by Crippen LogP contribution is 2.50. The Kier molecular flexibility index (Phi) is 9.39. The Labute approximate surface area is 314 Å². The second-order valence-electron chi connectivity index (χ2n) is 16.3. The average Bonchev–Trinajstić information content (AvgIpc) is 3.09. The van der Waals surface area contributed by atoms with Crippen molar-refractivity contribution in [1.82, 2.24) is 0 Å². The first-order valence-corrected chi connectivity index (χ1v) is 17.9. The lowest BCUT2D eigenvalue weighted by Crippen LogP contribution is -2.37. The Morgan fingerprint density at radius 2 is 0.796 bits per heavy atom. The fourth-order valence-electron chi connectivity index (χ4n) is 7.55. The van der Waals surface area contributed by atoms with Crippen molar-refractivity contribution in [2.45, 2.75) is 55.4 Å². The van der Waals surface area contributed by atoms with Crippen LogP contribution in [0.25, 0.3) is 22.3 Å². The van der Waals surface area contributed by atoms with E-state index < -0.39 is 23.9 Å². The zero-order chi connectivity index (χ0) is 39.6. The Hall–Kier alpha value is -6.02. The van der Waals surface area contributed by atoms with Gasteiger partial charge in [0.2, 0.25) is 0 Å². The van der Waals surface area contributed by atoms with Crippen molar-refractivity contribution in [2.24, 2.45) is 22.7 Å². The number of rotatable bonds is 6. The molecule has 6 rings (SSSR count). The third-order valence-electron chi connectivity index (χ3n) is 10.8. The largest absolute Gasteiger partial charge is 0.478 e. The van der Waals surface area contributed by atoms with E-state index in [1.165, 1.54) is 12.1 Å². The van der Waals surface area contributed by atoms with Crippen LogP contribution in [0.1, 0.15) is 108 Å². The average molecular weight is 725 g/mol. The molecule has 8 heteroatoms. The highest BCUT2D eigenvalue weighted by atomic mass is 16.4. The molecule has 4 bridgehead atoms. The molecule has 0 spiro atoms. The standard InChI is InChI=1S/C46H44O8/c1-23-31-17-29(45(3,4)5)19-33(23)39(25-9-13-27(14-10-25)41(47)48)40(26-11-15-28(16-12-26)42(49)50)34-20-30(46(6,7)8)18-32(24(34)2)36-22-38(44(53)54)37(43(51)52)21-35(31)36/h9-24H,1-8H3,(H,47,48)(H,49,50)(H,51,52)(H,53,54)/t23-,24-/m1/s1. The molecule has 3 aliphatic rings. The summed E-state index contributed by atoms with van der Waals surface area (Å²) in [4.78, 5) is 49.4. The minimum atomic E-state index is -1.34. The van der Waals surface area contributed by atoms with Crippen LogP contribution < -0.4 is 10.4 Å². The predicted molar refractivity (Wildman–Crippen MR) is 210 cm³/mol. The summed E-state index contributed by atoms with van der Waals surface area (Å²) in [6.07, 6.45) is 8.49. The van der Waals surface area contributed by atoms with Crippen LogP contribution in [0, 0.1) is 22.7 Å².